The predicted octanol–water partition coefficient (Wildman–Crippen LogP) is -0.190. The van der Waals surface area contributed by atoms with Crippen molar-refractivity contribution in [3.63, 3.8) is 0 Å². The molecule has 0 fully saturated rings. The first-order valence-electron chi connectivity index (χ1n) is 40.7. The lowest BCUT2D eigenvalue weighted by Crippen LogP contribution is -2.63. The van der Waals surface area contributed by atoms with Crippen molar-refractivity contribution in [2.75, 3.05) is 104 Å². The van der Waals surface area contributed by atoms with Crippen LogP contribution in [-0.2, 0) is 116 Å². The van der Waals surface area contributed by atoms with Gasteiger partial charge in [0.2, 0.25) is 65.0 Å². The lowest BCUT2D eigenvalue weighted by Gasteiger charge is -2.28. The fraction of sp³-hybridized carbons (Fsp3) is 0.637. The molecule has 6 atom stereocenters. The van der Waals surface area contributed by atoms with Crippen LogP contribution in [0.15, 0.2) is 42.5 Å². The van der Waals surface area contributed by atoms with Gasteiger partial charge in [-0.2, -0.15) is 0 Å². The number of imide groups is 2. The largest absolute Gasteiger partial charge is 0.506 e. The van der Waals surface area contributed by atoms with Gasteiger partial charge in [0.05, 0.1) is 43.6 Å². The number of hydrogen-bond donors (Lipinski definition) is 16. The van der Waals surface area contributed by atoms with Crippen molar-refractivity contribution in [2.45, 2.75) is 225 Å². The van der Waals surface area contributed by atoms with E-state index in [0.29, 0.717) is 18.4 Å². The predicted molar refractivity (Wildman–Crippen MR) is 434 cm³/mol. The molecule has 2 aliphatic heterocycles. The number of nitrogens with one attached hydrogen (secondary N) is 12. The SMILES string of the molecule is C[C@@H](C[C@H](Cc1ccc(O)c(NC(=O)CCCNC(=O)[C@H](CCCCNC(=O)COCCOC(C)(C)C)NC(=O)CCCNC(=O)[C@H](NC(=O)CCCN2C(=O)C=CC2=O)[C@@H](NC(=O)CCCN2C(=O)C=CC2=O)C(=O)NCCCOCCC(=O)NCCOCCCC(=O)N[C@@H](CCC(=O)O)C(=O)NCCCC(=O)O)c1)NC(=O)OC(C)(C)C)C(=O)O. The fourth-order valence-corrected chi connectivity index (χ4v) is 11.6. The maximum Gasteiger partial charge on any atom is 0.407 e. The van der Waals surface area contributed by atoms with Crippen molar-refractivity contribution < 1.29 is 135 Å². The van der Waals surface area contributed by atoms with Crippen molar-refractivity contribution in [2.24, 2.45) is 5.92 Å². The van der Waals surface area contributed by atoms with Crippen molar-refractivity contribution >= 4 is 118 Å². The van der Waals surface area contributed by atoms with Gasteiger partial charge >= 0.3 is 24.0 Å². The van der Waals surface area contributed by atoms with Crippen LogP contribution in [0.5, 0.6) is 5.75 Å². The molecule has 3 rings (SSSR count). The van der Waals surface area contributed by atoms with Gasteiger partial charge < -0.3 is 108 Å². The number of carbonyl (C=O) groups excluding carboxylic acids is 16. The Morgan fingerprint density at radius 2 is 0.885 bits per heavy atom. The zero-order valence-electron chi connectivity index (χ0n) is 70.4. The Kier molecular flexibility index (Phi) is 48.8. The van der Waals surface area contributed by atoms with E-state index in [2.05, 4.69) is 63.8 Å². The van der Waals surface area contributed by atoms with Gasteiger partial charge in [-0.05, 0) is 143 Å². The minimum absolute atomic E-state index is 0.00817. The molecule has 1 aromatic carbocycles. The highest BCUT2D eigenvalue weighted by Gasteiger charge is 2.37. The number of ether oxygens (including phenoxy) is 5. The summed E-state index contributed by atoms with van der Waals surface area (Å²) in [5, 5.41) is 69.5. The number of nitrogens with zero attached hydrogens (tertiary/aromatic N) is 2. The molecule has 680 valence electrons. The second-order valence-corrected chi connectivity index (χ2v) is 30.7. The van der Waals surface area contributed by atoms with E-state index in [9.17, 15) is 101 Å². The fourth-order valence-electron chi connectivity index (χ4n) is 11.6. The summed E-state index contributed by atoms with van der Waals surface area (Å²) in [6.45, 7) is 11.6. The van der Waals surface area contributed by atoms with Crippen molar-refractivity contribution in [3.05, 3.63) is 48.1 Å². The Hall–Kier alpha value is -11.5. The smallest absolute Gasteiger partial charge is 0.407 e. The number of benzene rings is 1. The minimum Gasteiger partial charge on any atom is -0.506 e. The number of aromatic hydroxyl groups is 1. The summed E-state index contributed by atoms with van der Waals surface area (Å²) in [6.07, 6.45) is 2.04. The van der Waals surface area contributed by atoms with Crippen LogP contribution in [0.1, 0.15) is 182 Å². The molecule has 0 saturated carbocycles. The highest BCUT2D eigenvalue weighted by atomic mass is 16.6. The van der Waals surface area contributed by atoms with E-state index in [1.165, 1.54) is 19.1 Å². The molecule has 2 heterocycles. The van der Waals surface area contributed by atoms with Gasteiger partial charge in [-0.25, -0.2) is 4.79 Å². The molecule has 0 aliphatic carbocycles. The van der Waals surface area contributed by atoms with Gasteiger partial charge in [0.25, 0.3) is 23.6 Å². The number of carbonyl (C=O) groups is 19. The van der Waals surface area contributed by atoms with Crippen LogP contribution >= 0.6 is 0 Å². The maximum atomic E-state index is 14.5. The van der Waals surface area contributed by atoms with Crippen molar-refractivity contribution in [1.29, 1.82) is 0 Å². The molecule has 0 saturated heterocycles. The van der Waals surface area contributed by atoms with Crippen molar-refractivity contribution in [3.8, 4) is 5.75 Å². The molecule has 42 nitrogen and oxygen atoms in total. The quantitative estimate of drug-likeness (QED) is 0.0228. The average molecular weight is 1730 g/mol. The van der Waals surface area contributed by atoms with Gasteiger partial charge in [0.1, 0.15) is 42.1 Å². The summed E-state index contributed by atoms with van der Waals surface area (Å²) in [4.78, 5) is 245. The number of aliphatic carboxylic acids is 3. The Bertz CT molecular complexity index is 3750. The van der Waals surface area contributed by atoms with E-state index >= 15 is 0 Å². The van der Waals surface area contributed by atoms with Crippen LogP contribution in [0, 0.1) is 5.92 Å². The average Bonchev–Trinajstić information content (AvgIpc) is 1.03. The van der Waals surface area contributed by atoms with Gasteiger partial charge in [-0.15, -0.1) is 0 Å². The molecule has 0 unspecified atom stereocenters. The van der Waals surface area contributed by atoms with Crippen LogP contribution in [0.3, 0.4) is 0 Å². The van der Waals surface area contributed by atoms with Crippen LogP contribution in [0.2, 0.25) is 0 Å². The Morgan fingerprint density at radius 1 is 0.418 bits per heavy atom. The molecule has 122 heavy (non-hydrogen) atoms. The second-order valence-electron chi connectivity index (χ2n) is 30.7. The second kappa shape index (κ2) is 56.9. The lowest BCUT2D eigenvalue weighted by molar-refractivity contribution is -0.142. The summed E-state index contributed by atoms with van der Waals surface area (Å²) in [5.41, 5.74) is -0.715. The van der Waals surface area contributed by atoms with Gasteiger partial charge in [-0.3, -0.25) is 96.1 Å². The lowest BCUT2D eigenvalue weighted by atomic mass is 9.96. The maximum absolute atomic E-state index is 14.5. The van der Waals surface area contributed by atoms with E-state index in [4.69, 9.17) is 33.9 Å². The van der Waals surface area contributed by atoms with Crippen LogP contribution < -0.4 is 63.8 Å². The Labute approximate surface area is 707 Å². The van der Waals surface area contributed by atoms with E-state index in [1.54, 1.807) is 26.8 Å². The van der Waals surface area contributed by atoms with E-state index in [-0.39, 0.29) is 213 Å². The number of carboxylic acids is 3. The third-order valence-corrected chi connectivity index (χ3v) is 17.8. The summed E-state index contributed by atoms with van der Waals surface area (Å²) in [5.74, 6) is -14.7. The molecule has 42 heteroatoms. The summed E-state index contributed by atoms with van der Waals surface area (Å²) in [7, 11) is 0. The third kappa shape index (κ3) is 46.9. The van der Waals surface area contributed by atoms with Gasteiger partial charge in [0.15, 0.2) is 0 Å². The molecule has 16 amide bonds. The van der Waals surface area contributed by atoms with Crippen LogP contribution in [-0.4, -0.2) is 283 Å². The molecular formula is C80H122N14O28. The molecular weight excluding hydrogens is 1600 g/mol. The number of anilines is 1. The highest BCUT2D eigenvalue weighted by molar-refractivity contribution is 6.13. The number of amides is 16. The Balaban J connectivity index is 1.71. The van der Waals surface area contributed by atoms with Gasteiger partial charge in [0, 0.05) is 147 Å². The number of phenols is 1. The molecule has 0 bridgehead atoms. The van der Waals surface area contributed by atoms with Crippen LogP contribution in [0.25, 0.3) is 0 Å². The molecule has 0 spiro atoms. The number of hydrogen-bond acceptors (Lipinski definition) is 25. The molecule has 0 aromatic heterocycles. The number of alkyl carbamates (subject to hydrolysis) is 1. The van der Waals surface area contributed by atoms with Crippen molar-refractivity contribution in [1.82, 2.24) is 68.3 Å². The third-order valence-electron chi connectivity index (χ3n) is 17.8. The first kappa shape index (κ1) is 105. The van der Waals surface area contributed by atoms with E-state index in [1.807, 2.05) is 20.8 Å². The molecule has 16 N–H and O–H groups in total. The minimum atomic E-state index is -1.91. The van der Waals surface area contributed by atoms with Gasteiger partial charge in [-0.1, -0.05) is 13.0 Å². The normalized spacial score (nSPS) is 13.9. The van der Waals surface area contributed by atoms with E-state index < -0.39 is 179 Å². The number of rotatable bonds is 63. The highest BCUT2D eigenvalue weighted by Crippen LogP contribution is 2.27. The standard InChI is InChI=1S/C80H122N14O28/c1-51(77(115)116)47-53(87-78(117)122-80(5,6)7)48-52-24-26-57(95)56(49-52)90-60(98)19-10-34-83-73(111)54(17-8-9-33-81-64(102)50-120-45-46-121-79(2,3)4)88-59(97)18-11-35-85-75(113)71(91-62(100)20-13-39-93-65(103)27-28-66(93)104)72(92-63(101)21-14-40-94-67(105)29-30-68(94)106)76(114)86-37-16-42-118-43-32-58(96)82-38-44-119-41-15-22-61(99)89-55(25-31-70(109)110)74(112)84-36-12-23-69(107)108/h24,26-30,49,51,53-55,71-72,95H,8-23,25,31-48,50H2,1-7H3,(H,81,102)(H,82,96)(H,83,111)(H,84,112)(H,85,113)(H,86,114)(H,87,117)(H,88,97)(H,89,99)(H,90,98)(H,91,100)(H,92,101)(H,107,108)(H,109,110)(H,115,116)/t51-,53+,54-,55-,71+,72+/m0/s1. The molecule has 0 radical (unpaired) electrons. The summed E-state index contributed by atoms with van der Waals surface area (Å²) in [6, 6.07) is -2.54. The summed E-state index contributed by atoms with van der Waals surface area (Å²) >= 11 is 0. The number of unbranched alkanes of at least 4 members (excludes halogenated alkanes) is 1. The van der Waals surface area contributed by atoms with Crippen LogP contribution in [0.4, 0.5) is 10.5 Å². The molecule has 1 aromatic rings. The first-order chi connectivity index (χ1) is 57.7. The summed E-state index contributed by atoms with van der Waals surface area (Å²) < 4.78 is 27.5. The van der Waals surface area contributed by atoms with E-state index in [0.717, 1.165) is 34.1 Å². The topological polar surface area (TPSA) is 602 Å². The first-order valence-corrected chi connectivity index (χ1v) is 40.7. The molecule has 2 aliphatic rings. The number of phenolic OH excluding ortho intramolecular Hbond substituents is 1. The Morgan fingerprint density at radius 3 is 1.42 bits per heavy atom. The monoisotopic (exact) mass is 1730 g/mol. The number of carboxylic acid groups (broad SMARTS) is 3. The zero-order chi connectivity index (χ0) is 90.7. The zero-order valence-corrected chi connectivity index (χ0v) is 70.4.